The van der Waals surface area contributed by atoms with Crippen molar-refractivity contribution in [2.24, 2.45) is 5.92 Å². The van der Waals surface area contributed by atoms with Crippen molar-refractivity contribution in [3.05, 3.63) is 0 Å². The van der Waals surface area contributed by atoms with Gasteiger partial charge in [-0.3, -0.25) is 4.79 Å². The topological polar surface area (TPSA) is 26.3 Å². The number of carbonyl (C=O) groups is 1. The first-order valence-corrected chi connectivity index (χ1v) is 5.51. The monoisotopic (exact) mass is 198 g/mol. The molecule has 2 nitrogen and oxygen atoms in total. The van der Waals surface area contributed by atoms with Crippen molar-refractivity contribution in [3.8, 4) is 0 Å². The van der Waals surface area contributed by atoms with Crippen molar-refractivity contribution < 1.29 is 9.53 Å². The van der Waals surface area contributed by atoms with E-state index in [4.69, 9.17) is 4.74 Å². The van der Waals surface area contributed by atoms with Gasteiger partial charge in [-0.25, -0.2) is 0 Å². The van der Waals surface area contributed by atoms with Gasteiger partial charge in [0, 0.05) is 12.3 Å². The molecule has 0 aromatic carbocycles. The largest absolute Gasteiger partial charge is 0.369 e. The molecule has 14 heavy (non-hydrogen) atoms. The summed E-state index contributed by atoms with van der Waals surface area (Å²) in [5.41, 5.74) is -0.423. The molecule has 0 amide bonds. The van der Waals surface area contributed by atoms with Gasteiger partial charge in [-0.05, 0) is 40.5 Å². The maximum Gasteiger partial charge on any atom is 0.138 e. The standard InChI is InChI=1S/C12H22O2/c1-6-7-10(13)9-8-11(2,3)14-12(9,4)5/h9H,6-8H2,1-5H3. The van der Waals surface area contributed by atoms with Crippen LogP contribution in [0.1, 0.15) is 53.9 Å². The summed E-state index contributed by atoms with van der Waals surface area (Å²) >= 11 is 0. The quantitative estimate of drug-likeness (QED) is 0.697. The molecule has 0 aromatic heterocycles. The Hall–Kier alpha value is -0.370. The Labute approximate surface area is 87.0 Å². The lowest BCUT2D eigenvalue weighted by Crippen LogP contribution is -2.33. The fraction of sp³-hybridized carbons (Fsp3) is 0.917. The summed E-state index contributed by atoms with van der Waals surface area (Å²) < 4.78 is 5.90. The van der Waals surface area contributed by atoms with E-state index >= 15 is 0 Å². The van der Waals surface area contributed by atoms with E-state index in [0.29, 0.717) is 12.2 Å². The van der Waals surface area contributed by atoms with Gasteiger partial charge >= 0.3 is 0 Å². The van der Waals surface area contributed by atoms with Crippen molar-refractivity contribution in [3.63, 3.8) is 0 Å². The zero-order chi connectivity index (χ0) is 11.0. The smallest absolute Gasteiger partial charge is 0.138 e. The van der Waals surface area contributed by atoms with E-state index in [1.165, 1.54) is 0 Å². The fourth-order valence-electron chi connectivity index (χ4n) is 2.48. The van der Waals surface area contributed by atoms with E-state index in [1.54, 1.807) is 0 Å². The van der Waals surface area contributed by atoms with Gasteiger partial charge in [-0.2, -0.15) is 0 Å². The molecule has 0 bridgehead atoms. The molecule has 2 heteroatoms. The normalized spacial score (nSPS) is 29.1. The number of rotatable bonds is 3. The van der Waals surface area contributed by atoms with Crippen LogP contribution in [0.3, 0.4) is 0 Å². The van der Waals surface area contributed by atoms with Crippen molar-refractivity contribution in [2.75, 3.05) is 0 Å². The second kappa shape index (κ2) is 3.65. The van der Waals surface area contributed by atoms with Crippen LogP contribution in [-0.2, 0) is 9.53 Å². The Kier molecular flexibility index (Phi) is 3.05. The molecule has 1 rings (SSSR count). The molecule has 1 heterocycles. The predicted molar refractivity (Wildman–Crippen MR) is 57.3 cm³/mol. The minimum absolute atomic E-state index is 0.0810. The van der Waals surface area contributed by atoms with E-state index in [-0.39, 0.29) is 17.1 Å². The van der Waals surface area contributed by atoms with Crippen molar-refractivity contribution in [2.45, 2.75) is 65.1 Å². The van der Waals surface area contributed by atoms with E-state index in [2.05, 4.69) is 13.8 Å². The van der Waals surface area contributed by atoms with Gasteiger partial charge in [-0.1, -0.05) is 6.92 Å². The van der Waals surface area contributed by atoms with Gasteiger partial charge in [0.1, 0.15) is 5.78 Å². The first-order chi connectivity index (χ1) is 6.28. The van der Waals surface area contributed by atoms with Gasteiger partial charge < -0.3 is 4.74 Å². The lowest BCUT2D eigenvalue weighted by atomic mass is 9.83. The van der Waals surface area contributed by atoms with Crippen LogP contribution in [0.25, 0.3) is 0 Å². The van der Waals surface area contributed by atoms with E-state index in [0.717, 1.165) is 12.8 Å². The molecule has 1 atom stereocenters. The highest BCUT2D eigenvalue weighted by Crippen LogP contribution is 2.42. The van der Waals surface area contributed by atoms with Crippen LogP contribution in [0.4, 0.5) is 0 Å². The molecule has 1 saturated heterocycles. The molecule has 0 aliphatic carbocycles. The van der Waals surface area contributed by atoms with Crippen molar-refractivity contribution in [1.82, 2.24) is 0 Å². The zero-order valence-electron chi connectivity index (χ0n) is 10.0. The average molecular weight is 198 g/mol. The summed E-state index contributed by atoms with van der Waals surface area (Å²) in [5, 5.41) is 0. The third-order valence-corrected chi connectivity index (χ3v) is 2.96. The van der Waals surface area contributed by atoms with Crippen LogP contribution in [0.5, 0.6) is 0 Å². The lowest BCUT2D eigenvalue weighted by molar-refractivity contribution is -0.129. The second-order valence-electron chi connectivity index (χ2n) is 5.44. The second-order valence-corrected chi connectivity index (χ2v) is 5.44. The number of ether oxygens (including phenoxy) is 1. The van der Waals surface area contributed by atoms with Crippen molar-refractivity contribution in [1.29, 1.82) is 0 Å². The molecule has 0 radical (unpaired) electrons. The first-order valence-electron chi connectivity index (χ1n) is 5.51. The average Bonchev–Trinajstić information content (AvgIpc) is 2.19. The van der Waals surface area contributed by atoms with Crippen LogP contribution in [0, 0.1) is 5.92 Å². The summed E-state index contributed by atoms with van der Waals surface area (Å²) in [6, 6.07) is 0. The van der Waals surface area contributed by atoms with Gasteiger partial charge in [-0.15, -0.1) is 0 Å². The zero-order valence-corrected chi connectivity index (χ0v) is 10.0. The lowest BCUT2D eigenvalue weighted by Gasteiger charge is -2.26. The van der Waals surface area contributed by atoms with Gasteiger partial charge in [0.2, 0.25) is 0 Å². The van der Waals surface area contributed by atoms with Gasteiger partial charge in [0.15, 0.2) is 0 Å². The molecule has 0 N–H and O–H groups in total. The molecule has 0 spiro atoms. The minimum atomic E-state index is -0.282. The Bertz CT molecular complexity index is 228. The summed E-state index contributed by atoms with van der Waals surface area (Å²) in [4.78, 5) is 11.9. The summed E-state index contributed by atoms with van der Waals surface area (Å²) in [6.45, 7) is 10.2. The Morgan fingerprint density at radius 2 is 1.93 bits per heavy atom. The summed E-state index contributed by atoms with van der Waals surface area (Å²) in [5.74, 6) is 0.445. The molecule has 1 aliphatic heterocycles. The number of hydrogen-bond acceptors (Lipinski definition) is 2. The maximum absolute atomic E-state index is 11.9. The molecule has 0 saturated carbocycles. The molecule has 1 unspecified atom stereocenters. The van der Waals surface area contributed by atoms with Crippen molar-refractivity contribution >= 4 is 5.78 Å². The van der Waals surface area contributed by atoms with Crippen LogP contribution >= 0.6 is 0 Å². The number of Topliss-reactive ketones (excluding diaryl/α,β-unsaturated/α-hetero) is 1. The Balaban J connectivity index is 2.75. The highest BCUT2D eigenvalue weighted by molar-refractivity contribution is 5.82. The molecule has 1 fully saturated rings. The number of hydrogen-bond donors (Lipinski definition) is 0. The molecule has 1 aliphatic rings. The van der Waals surface area contributed by atoms with Gasteiger partial charge in [0.25, 0.3) is 0 Å². The Morgan fingerprint density at radius 3 is 2.29 bits per heavy atom. The SMILES string of the molecule is CCCC(=O)C1CC(C)(C)OC1(C)C. The van der Waals surface area contributed by atoms with Crippen LogP contribution in [-0.4, -0.2) is 17.0 Å². The van der Waals surface area contributed by atoms with E-state index in [9.17, 15) is 4.79 Å². The minimum Gasteiger partial charge on any atom is -0.369 e. The Morgan fingerprint density at radius 1 is 1.36 bits per heavy atom. The third-order valence-electron chi connectivity index (χ3n) is 2.96. The van der Waals surface area contributed by atoms with Gasteiger partial charge in [0.05, 0.1) is 11.2 Å². The molecule has 0 aromatic rings. The van der Waals surface area contributed by atoms with E-state index < -0.39 is 0 Å². The third kappa shape index (κ3) is 2.35. The predicted octanol–water partition coefficient (Wildman–Crippen LogP) is 2.95. The van der Waals surface area contributed by atoms with Crippen LogP contribution in [0.2, 0.25) is 0 Å². The maximum atomic E-state index is 11.9. The van der Waals surface area contributed by atoms with Crippen LogP contribution in [0.15, 0.2) is 0 Å². The molecule has 82 valence electrons. The molecular weight excluding hydrogens is 176 g/mol. The molecular formula is C12H22O2. The first kappa shape index (κ1) is 11.7. The van der Waals surface area contributed by atoms with Crippen LogP contribution < -0.4 is 0 Å². The fourth-order valence-corrected chi connectivity index (χ4v) is 2.48. The summed E-state index contributed by atoms with van der Waals surface area (Å²) in [7, 11) is 0. The highest BCUT2D eigenvalue weighted by Gasteiger charge is 2.48. The number of carbonyl (C=O) groups excluding carboxylic acids is 1. The number of ketones is 1. The van der Waals surface area contributed by atoms with E-state index in [1.807, 2.05) is 20.8 Å². The highest BCUT2D eigenvalue weighted by atomic mass is 16.5. The summed E-state index contributed by atoms with van der Waals surface area (Å²) in [6.07, 6.45) is 2.48.